The largest absolute Gasteiger partial charge is 0.466 e. The lowest BCUT2D eigenvalue weighted by Gasteiger charge is -2.30. The minimum atomic E-state index is -0.167. The summed E-state index contributed by atoms with van der Waals surface area (Å²) in [6.45, 7) is 5.10. The number of carbonyl (C=O) groups is 2. The Morgan fingerprint density at radius 2 is 2.04 bits per heavy atom. The number of fused-ring (bicyclic) bond motifs is 1. The van der Waals surface area contributed by atoms with Crippen LogP contribution < -0.4 is 0 Å². The van der Waals surface area contributed by atoms with E-state index in [2.05, 4.69) is 0 Å². The van der Waals surface area contributed by atoms with Gasteiger partial charge in [0.1, 0.15) is 5.58 Å². The Kier molecular flexibility index (Phi) is 4.81. The number of hydrogen-bond acceptors (Lipinski definition) is 4. The van der Waals surface area contributed by atoms with Crippen LogP contribution in [0.2, 0.25) is 5.02 Å². The van der Waals surface area contributed by atoms with E-state index in [-0.39, 0.29) is 17.8 Å². The second-order valence-corrected chi connectivity index (χ2v) is 6.45. The predicted octanol–water partition coefficient (Wildman–Crippen LogP) is 3.81. The maximum absolute atomic E-state index is 12.8. The number of hydrogen-bond donors (Lipinski definition) is 0. The third-order valence-electron chi connectivity index (χ3n) is 4.49. The molecule has 0 bridgehead atoms. The van der Waals surface area contributed by atoms with Crippen molar-refractivity contribution in [2.24, 2.45) is 5.92 Å². The highest BCUT2D eigenvalue weighted by molar-refractivity contribution is 6.31. The fourth-order valence-electron chi connectivity index (χ4n) is 3.12. The number of nitrogens with zero attached hydrogens (tertiary/aromatic N) is 1. The van der Waals surface area contributed by atoms with Crippen LogP contribution in [0.15, 0.2) is 22.6 Å². The molecule has 1 fully saturated rings. The van der Waals surface area contributed by atoms with Crippen molar-refractivity contribution < 1.29 is 18.7 Å². The zero-order valence-electron chi connectivity index (χ0n) is 13.8. The van der Waals surface area contributed by atoms with E-state index in [1.807, 2.05) is 6.92 Å². The molecule has 1 saturated heterocycles. The Hall–Kier alpha value is -2.01. The summed E-state index contributed by atoms with van der Waals surface area (Å²) in [6.07, 6.45) is 1.24. The fourth-order valence-corrected chi connectivity index (χ4v) is 3.29. The quantitative estimate of drug-likeness (QED) is 0.790. The molecule has 1 aliphatic heterocycles. The molecule has 0 saturated carbocycles. The number of aryl methyl sites for hydroxylation is 1. The SMILES string of the molecule is CCOC(=O)C1CCN(C(=O)c2oc3ccc(Cl)cc3c2C)CC1. The first-order chi connectivity index (χ1) is 11.5. The minimum absolute atomic E-state index is 0.121. The van der Waals surface area contributed by atoms with Crippen LogP contribution in [0.25, 0.3) is 11.0 Å². The van der Waals surface area contributed by atoms with Crippen molar-refractivity contribution in [2.45, 2.75) is 26.7 Å². The molecule has 5 nitrogen and oxygen atoms in total. The van der Waals surface area contributed by atoms with Crippen LogP contribution in [-0.2, 0) is 9.53 Å². The lowest BCUT2D eigenvalue weighted by Crippen LogP contribution is -2.40. The molecule has 0 N–H and O–H groups in total. The number of piperidine rings is 1. The van der Waals surface area contributed by atoms with E-state index in [1.54, 1.807) is 30.0 Å². The van der Waals surface area contributed by atoms with Crippen LogP contribution in [0, 0.1) is 12.8 Å². The van der Waals surface area contributed by atoms with Gasteiger partial charge in [0.05, 0.1) is 12.5 Å². The van der Waals surface area contributed by atoms with Crippen LogP contribution in [-0.4, -0.2) is 36.5 Å². The number of benzene rings is 1. The second kappa shape index (κ2) is 6.85. The number of carbonyl (C=O) groups excluding carboxylic acids is 2. The highest BCUT2D eigenvalue weighted by atomic mass is 35.5. The normalized spacial score (nSPS) is 15.7. The van der Waals surface area contributed by atoms with Gasteiger partial charge >= 0.3 is 5.97 Å². The van der Waals surface area contributed by atoms with E-state index < -0.39 is 0 Å². The molecule has 1 aromatic carbocycles. The monoisotopic (exact) mass is 349 g/mol. The van der Waals surface area contributed by atoms with Gasteiger partial charge in [0, 0.05) is 29.1 Å². The van der Waals surface area contributed by atoms with Gasteiger partial charge in [0.2, 0.25) is 0 Å². The molecule has 0 aliphatic carbocycles. The molecule has 1 aliphatic rings. The van der Waals surface area contributed by atoms with E-state index in [0.29, 0.717) is 48.9 Å². The number of halogens is 1. The Morgan fingerprint density at radius 3 is 2.71 bits per heavy atom. The van der Waals surface area contributed by atoms with Gasteiger partial charge in [-0.1, -0.05) is 11.6 Å². The number of ether oxygens (including phenoxy) is 1. The van der Waals surface area contributed by atoms with E-state index in [1.165, 1.54) is 0 Å². The summed E-state index contributed by atoms with van der Waals surface area (Å²) in [5, 5.41) is 1.47. The van der Waals surface area contributed by atoms with Crippen LogP contribution in [0.4, 0.5) is 0 Å². The van der Waals surface area contributed by atoms with Gasteiger partial charge in [0.25, 0.3) is 5.91 Å². The lowest BCUT2D eigenvalue weighted by molar-refractivity contribution is -0.149. The topological polar surface area (TPSA) is 59.8 Å². The van der Waals surface area contributed by atoms with Crippen molar-refractivity contribution in [2.75, 3.05) is 19.7 Å². The molecule has 1 aromatic heterocycles. The first-order valence-electron chi connectivity index (χ1n) is 8.15. The highest BCUT2D eigenvalue weighted by Gasteiger charge is 2.30. The number of rotatable bonds is 3. The Labute approximate surface area is 145 Å². The summed E-state index contributed by atoms with van der Waals surface area (Å²) in [7, 11) is 0. The van der Waals surface area contributed by atoms with E-state index in [4.69, 9.17) is 20.8 Å². The number of esters is 1. The van der Waals surface area contributed by atoms with Crippen molar-refractivity contribution in [1.82, 2.24) is 4.90 Å². The van der Waals surface area contributed by atoms with Gasteiger partial charge in [-0.3, -0.25) is 9.59 Å². The van der Waals surface area contributed by atoms with Gasteiger partial charge in [0.15, 0.2) is 5.76 Å². The molecular formula is C18H20ClNO4. The van der Waals surface area contributed by atoms with Crippen LogP contribution >= 0.6 is 11.6 Å². The lowest BCUT2D eigenvalue weighted by atomic mass is 9.96. The van der Waals surface area contributed by atoms with Gasteiger partial charge in [-0.2, -0.15) is 0 Å². The van der Waals surface area contributed by atoms with Gasteiger partial charge in [-0.25, -0.2) is 0 Å². The Morgan fingerprint density at radius 1 is 1.33 bits per heavy atom. The van der Waals surface area contributed by atoms with E-state index >= 15 is 0 Å². The third kappa shape index (κ3) is 3.13. The summed E-state index contributed by atoms with van der Waals surface area (Å²) in [6, 6.07) is 5.32. The van der Waals surface area contributed by atoms with Gasteiger partial charge < -0.3 is 14.1 Å². The van der Waals surface area contributed by atoms with Crippen molar-refractivity contribution >= 4 is 34.4 Å². The summed E-state index contributed by atoms with van der Waals surface area (Å²) >= 11 is 6.02. The van der Waals surface area contributed by atoms with Crippen LogP contribution in [0.1, 0.15) is 35.9 Å². The standard InChI is InChI=1S/C18H20ClNO4/c1-3-23-18(22)12-6-8-20(9-7-12)17(21)16-11(2)14-10-13(19)4-5-15(14)24-16/h4-5,10,12H,3,6-9H2,1-2H3. The maximum Gasteiger partial charge on any atom is 0.309 e. The van der Waals surface area contributed by atoms with Gasteiger partial charge in [-0.15, -0.1) is 0 Å². The third-order valence-corrected chi connectivity index (χ3v) is 4.73. The highest BCUT2D eigenvalue weighted by Crippen LogP contribution is 2.29. The van der Waals surface area contributed by atoms with E-state index in [9.17, 15) is 9.59 Å². The second-order valence-electron chi connectivity index (χ2n) is 6.02. The minimum Gasteiger partial charge on any atom is -0.466 e. The summed E-state index contributed by atoms with van der Waals surface area (Å²) < 4.78 is 10.8. The van der Waals surface area contributed by atoms with Crippen molar-refractivity contribution in [3.05, 3.63) is 34.5 Å². The number of amides is 1. The smallest absolute Gasteiger partial charge is 0.309 e. The Balaban J connectivity index is 1.74. The molecule has 6 heteroatoms. The molecule has 0 atom stereocenters. The summed E-state index contributed by atoms with van der Waals surface area (Å²) in [5.74, 6) is -0.0762. The maximum atomic E-state index is 12.8. The van der Waals surface area contributed by atoms with Crippen LogP contribution in [0.3, 0.4) is 0 Å². The first kappa shape index (κ1) is 16.8. The van der Waals surface area contributed by atoms with Crippen molar-refractivity contribution in [1.29, 1.82) is 0 Å². The molecule has 0 unspecified atom stereocenters. The zero-order chi connectivity index (χ0) is 17.3. The molecule has 2 heterocycles. The van der Waals surface area contributed by atoms with Crippen LogP contribution in [0.5, 0.6) is 0 Å². The fraction of sp³-hybridized carbons (Fsp3) is 0.444. The molecular weight excluding hydrogens is 330 g/mol. The Bertz CT molecular complexity index is 775. The summed E-state index contributed by atoms with van der Waals surface area (Å²) in [5.41, 5.74) is 1.45. The van der Waals surface area contributed by atoms with E-state index in [0.717, 1.165) is 10.9 Å². The average molecular weight is 350 g/mol. The first-order valence-corrected chi connectivity index (χ1v) is 8.53. The molecule has 24 heavy (non-hydrogen) atoms. The predicted molar refractivity (Wildman–Crippen MR) is 91.2 cm³/mol. The molecule has 128 valence electrons. The zero-order valence-corrected chi connectivity index (χ0v) is 14.6. The molecule has 3 rings (SSSR count). The van der Waals surface area contributed by atoms with Gasteiger partial charge in [-0.05, 0) is 44.9 Å². The average Bonchev–Trinajstić information content (AvgIpc) is 2.91. The van der Waals surface area contributed by atoms with Crippen molar-refractivity contribution in [3.63, 3.8) is 0 Å². The number of likely N-dealkylation sites (tertiary alicyclic amines) is 1. The molecule has 1 amide bonds. The molecule has 0 radical (unpaired) electrons. The summed E-state index contributed by atoms with van der Waals surface area (Å²) in [4.78, 5) is 26.3. The number of furan rings is 1. The van der Waals surface area contributed by atoms with Crippen molar-refractivity contribution in [3.8, 4) is 0 Å². The molecule has 2 aromatic rings. The molecule has 0 spiro atoms.